The van der Waals surface area contributed by atoms with Gasteiger partial charge in [0.2, 0.25) is 0 Å². The van der Waals surface area contributed by atoms with E-state index in [2.05, 4.69) is 18.9 Å². The second-order valence-corrected chi connectivity index (χ2v) is 28.7. The first-order valence-electron chi connectivity index (χ1n) is 43.7. The van der Waals surface area contributed by atoms with Crippen molar-refractivity contribution in [2.24, 2.45) is 11.8 Å². The van der Waals surface area contributed by atoms with Gasteiger partial charge in [0.25, 0.3) is 0 Å². The zero-order valence-corrected chi connectivity index (χ0v) is 78.5. The molecule has 0 radical (unpaired) electrons. The van der Waals surface area contributed by atoms with Crippen LogP contribution in [0.3, 0.4) is 0 Å². The van der Waals surface area contributed by atoms with Crippen LogP contribution in [0, 0.1) is 11.8 Å². The van der Waals surface area contributed by atoms with E-state index in [1.807, 2.05) is 104 Å². The summed E-state index contributed by atoms with van der Waals surface area (Å²) in [5.41, 5.74) is 0.545. The topological polar surface area (TPSA) is 426 Å². The Hall–Kier alpha value is -16.0. The summed E-state index contributed by atoms with van der Waals surface area (Å²) in [7, 11) is 2.42. The quantitative estimate of drug-likeness (QED) is 0.0168. The van der Waals surface area contributed by atoms with Crippen LogP contribution in [-0.2, 0) is 68.2 Å². The highest BCUT2D eigenvalue weighted by Gasteiger charge is 2.24. The zero-order chi connectivity index (χ0) is 99.8. The van der Waals surface area contributed by atoms with Crippen molar-refractivity contribution >= 4 is 128 Å². The minimum Gasteiger partial charge on any atom is -0.437 e. The summed E-state index contributed by atoms with van der Waals surface area (Å²) < 4.78 is 120. The number of rotatable bonds is 31. The Kier molecular flexibility index (Phi) is 48.8. The first-order valence-corrected chi connectivity index (χ1v) is 43.7. The molecule has 0 N–H and O–H groups in total. The first-order chi connectivity index (χ1) is 66.1. The molecule has 0 fully saturated rings. The number of hydrogen-bond donors (Lipinski definition) is 0. The molecular weight excluding hydrogens is 1790 g/mol. The molecule has 0 aliphatic carbocycles. The van der Waals surface area contributed by atoms with E-state index in [-0.39, 0.29) is 135 Å². The van der Waals surface area contributed by atoms with Gasteiger partial charge in [-0.1, -0.05) is 208 Å². The number of carbonyl (C=O) groups excluding carboxylic acids is 12. The van der Waals surface area contributed by atoms with Crippen LogP contribution in [0.1, 0.15) is 127 Å². The standard InChI is InChI=1S/2C20H24O6.C18H20O6.C16H16O6.C14H12O6.C13H16O6/c1-13(2)11-23-19(21)25-16-9-5-7-15-8-6-10-17(18(15)16)26-20(22)24-12-14(3)4;1-3-5-13-23-19(21)25-16-11-7-9-15-10-8-12-17(18(15)16)26-20(22)24-14-6-4-2;1-3-11-21-17(19)23-14-9-5-7-13-8-6-10-15(16(13)14)24-18(20)22-12-4-2;1-3-19-15(17)21-12-9-5-7-11-8-6-10-13(14(11)12)22-16(18)20-4-2;1-17-13(15)19-10-7-3-5-9-6-4-8-11(12(9)10)20-14(16)18-2;1-3-16-12(14)18-9-10-7-5-6-8-11(10)19-13(15)17-4-2/h5-10,13-14H,11-12H2,1-4H3;7-12H,3-6,13-14H2,1-2H3;5-10H,3-4,11-12H2,1-2H3;5-10H,3-4H2,1-2H3;3-8H,1-2H3;5-8H,3-4,9H2,1-2H3. The lowest BCUT2D eigenvalue weighted by atomic mass is 10.1. The predicted octanol–water partition coefficient (Wildman–Crippen LogP) is 25.3. The number of ether oxygens (including phenoxy) is 24. The molecule has 0 aliphatic heterocycles. The molecule has 0 aromatic heterocycles. The van der Waals surface area contributed by atoms with Gasteiger partial charge < -0.3 is 114 Å². The Morgan fingerprint density at radius 3 is 0.642 bits per heavy atom. The highest BCUT2D eigenvalue weighted by atomic mass is 16.8. The van der Waals surface area contributed by atoms with E-state index in [4.69, 9.17) is 94.7 Å². The van der Waals surface area contributed by atoms with Gasteiger partial charge in [0.1, 0.15) is 69.9 Å². The second kappa shape index (κ2) is 60.9. The molecule has 36 heteroatoms. The van der Waals surface area contributed by atoms with E-state index in [0.717, 1.165) is 52.6 Å². The van der Waals surface area contributed by atoms with Gasteiger partial charge in [-0.3, -0.25) is 0 Å². The molecule has 0 spiro atoms. The van der Waals surface area contributed by atoms with Crippen LogP contribution < -0.4 is 52.1 Å². The molecule has 36 nitrogen and oxygen atoms in total. The van der Waals surface area contributed by atoms with Crippen LogP contribution in [0.25, 0.3) is 53.9 Å². The van der Waals surface area contributed by atoms with E-state index < -0.39 is 73.9 Å². The van der Waals surface area contributed by atoms with Gasteiger partial charge in [-0.25, -0.2) is 57.5 Å². The average Bonchev–Trinajstić information content (AvgIpc) is 0.821. The summed E-state index contributed by atoms with van der Waals surface area (Å²) in [4.78, 5) is 139. The van der Waals surface area contributed by atoms with Crippen LogP contribution in [0.2, 0.25) is 0 Å². The van der Waals surface area contributed by atoms with Crippen LogP contribution in [0.5, 0.6) is 63.2 Å². The maximum absolute atomic E-state index is 11.9. The third-order valence-corrected chi connectivity index (χ3v) is 17.3. The molecule has 0 aliphatic rings. The number of para-hydroxylation sites is 1. The lowest BCUT2D eigenvalue weighted by Gasteiger charge is -2.13. The molecule has 732 valence electrons. The lowest BCUT2D eigenvalue weighted by molar-refractivity contribution is 0.0526. The Morgan fingerprint density at radius 2 is 0.416 bits per heavy atom. The third-order valence-electron chi connectivity index (χ3n) is 17.3. The number of methoxy groups -OCH3 is 2. The van der Waals surface area contributed by atoms with Gasteiger partial charge >= 0.3 is 73.9 Å². The Bertz CT molecular complexity index is 5480. The normalized spacial score (nSPS) is 10.2. The first kappa shape index (κ1) is 110. The molecule has 137 heavy (non-hydrogen) atoms. The molecule has 0 saturated carbocycles. The van der Waals surface area contributed by atoms with Gasteiger partial charge in [-0.15, -0.1) is 0 Å². The number of unbranched alkanes of at least 4 members (excludes halogenated alkanes) is 2. The number of carbonyl (C=O) groups is 12. The Morgan fingerprint density at radius 1 is 0.212 bits per heavy atom. The lowest BCUT2D eigenvalue weighted by Crippen LogP contribution is -2.15. The highest BCUT2D eigenvalue weighted by Crippen LogP contribution is 2.40. The largest absolute Gasteiger partial charge is 0.513 e. The SMILES string of the molecule is CC(C)COC(=O)Oc1cccc2cccc(OC(=O)OCC(C)C)c12.CCCCOC(=O)Oc1cccc2cccc(OC(=O)OCCCC)c12.CCCOC(=O)Oc1cccc2cccc(OC(=O)OCCC)c12.CCOC(=O)OCc1ccccc1OC(=O)OCC.CCOC(=O)Oc1cccc2cccc(OC(=O)OCC)c12.COC(=O)Oc1cccc2cccc(OC(=O)OC)c12. The summed E-state index contributed by atoms with van der Waals surface area (Å²) in [6.45, 7) is 24.7. The summed E-state index contributed by atoms with van der Waals surface area (Å²) in [5.74, 6) is 3.18. The molecule has 11 aromatic carbocycles. The maximum atomic E-state index is 11.9. The van der Waals surface area contributed by atoms with Crippen LogP contribution >= 0.6 is 0 Å². The van der Waals surface area contributed by atoms with Crippen molar-refractivity contribution in [1.82, 2.24) is 0 Å². The van der Waals surface area contributed by atoms with Crippen molar-refractivity contribution in [3.8, 4) is 63.2 Å². The fourth-order valence-corrected chi connectivity index (χ4v) is 11.4. The number of hydrogen-bond acceptors (Lipinski definition) is 36. The third kappa shape index (κ3) is 38.6. The van der Waals surface area contributed by atoms with Gasteiger partial charge in [-0.05, 0) is 159 Å². The van der Waals surface area contributed by atoms with Crippen molar-refractivity contribution < 1.29 is 171 Å². The molecule has 0 amide bonds. The zero-order valence-electron chi connectivity index (χ0n) is 78.5. The molecule has 11 rings (SSSR count). The Labute approximate surface area is 790 Å². The van der Waals surface area contributed by atoms with Gasteiger partial charge in [-0.2, -0.15) is 0 Å². The summed E-state index contributed by atoms with van der Waals surface area (Å²) in [6.07, 6.45) is -4.93. The maximum Gasteiger partial charge on any atom is 0.513 e. The monoisotopic (exact) mass is 1900 g/mol. The van der Waals surface area contributed by atoms with E-state index >= 15 is 0 Å². The Balaban J connectivity index is 0.000000253. The van der Waals surface area contributed by atoms with E-state index in [1.165, 1.54) is 14.2 Å². The van der Waals surface area contributed by atoms with Crippen molar-refractivity contribution in [1.29, 1.82) is 0 Å². The molecule has 11 aromatic rings. The summed E-state index contributed by atoms with van der Waals surface area (Å²) in [6, 6.07) is 58.3. The molecule has 0 saturated heterocycles. The minimum absolute atomic E-state index is 0.0472. The second-order valence-electron chi connectivity index (χ2n) is 28.7. The summed E-state index contributed by atoms with van der Waals surface area (Å²) in [5, 5.41) is 6.26. The smallest absolute Gasteiger partial charge is 0.437 e. The average molecular weight is 1900 g/mol. The molecule has 0 atom stereocenters. The van der Waals surface area contributed by atoms with Crippen LogP contribution in [0.4, 0.5) is 57.5 Å². The van der Waals surface area contributed by atoms with Crippen molar-refractivity contribution in [3.05, 3.63) is 212 Å². The summed E-state index contributed by atoms with van der Waals surface area (Å²) >= 11 is 0. The minimum atomic E-state index is -0.856. The molecule has 0 heterocycles. The highest BCUT2D eigenvalue weighted by molar-refractivity contribution is 6.00. The number of benzene rings is 11. The predicted molar refractivity (Wildman–Crippen MR) is 499 cm³/mol. The van der Waals surface area contributed by atoms with E-state index in [9.17, 15) is 57.5 Å². The van der Waals surface area contributed by atoms with Crippen LogP contribution in [0.15, 0.2) is 206 Å². The van der Waals surface area contributed by atoms with E-state index in [1.54, 1.807) is 185 Å². The van der Waals surface area contributed by atoms with Crippen molar-refractivity contribution in [2.45, 2.75) is 128 Å². The number of fused-ring (bicyclic) bond motifs is 5. The van der Waals surface area contributed by atoms with Gasteiger partial charge in [0.15, 0.2) is 0 Å². The van der Waals surface area contributed by atoms with Gasteiger partial charge in [0, 0.05) is 5.56 Å². The van der Waals surface area contributed by atoms with Gasteiger partial charge in [0.05, 0.1) is 107 Å². The van der Waals surface area contributed by atoms with Crippen LogP contribution in [-0.4, -0.2) is 154 Å². The molecule has 0 unspecified atom stereocenters. The van der Waals surface area contributed by atoms with Crippen molar-refractivity contribution in [3.63, 3.8) is 0 Å². The van der Waals surface area contributed by atoms with Crippen molar-refractivity contribution in [2.75, 3.05) is 80.3 Å². The molecule has 0 bridgehead atoms. The fourth-order valence-electron chi connectivity index (χ4n) is 11.4. The fraction of sp³-hybridized carbons (Fsp3) is 0.327. The molecular formula is C101H112O36. The van der Waals surface area contributed by atoms with E-state index in [0.29, 0.717) is 58.5 Å².